The molecule has 0 saturated carbocycles. The average molecular weight is 252 g/mol. The van der Waals surface area contributed by atoms with Gasteiger partial charge in [-0.25, -0.2) is 0 Å². The Morgan fingerprint density at radius 1 is 1.56 bits per heavy atom. The SMILES string of the molecule is C[C@H](c1cccc([N+](=O)[O-])c1)N(C)CCC(=O)O. The van der Waals surface area contributed by atoms with Crippen LogP contribution in [0.2, 0.25) is 0 Å². The molecule has 0 amide bonds. The van der Waals surface area contributed by atoms with Crippen molar-refractivity contribution in [3.8, 4) is 0 Å². The summed E-state index contributed by atoms with van der Waals surface area (Å²) in [6, 6.07) is 6.32. The van der Waals surface area contributed by atoms with Crippen molar-refractivity contribution in [3.63, 3.8) is 0 Å². The third kappa shape index (κ3) is 3.81. The number of rotatable bonds is 6. The van der Waals surface area contributed by atoms with E-state index in [0.717, 1.165) is 5.56 Å². The maximum Gasteiger partial charge on any atom is 0.304 e. The Kier molecular flexibility index (Phi) is 4.79. The maximum absolute atomic E-state index is 10.7. The number of hydrogen-bond acceptors (Lipinski definition) is 4. The van der Waals surface area contributed by atoms with Gasteiger partial charge in [-0.1, -0.05) is 12.1 Å². The third-order valence-corrected chi connectivity index (χ3v) is 2.90. The van der Waals surface area contributed by atoms with Crippen LogP contribution < -0.4 is 0 Å². The quantitative estimate of drug-likeness (QED) is 0.618. The summed E-state index contributed by atoms with van der Waals surface area (Å²) >= 11 is 0. The van der Waals surface area contributed by atoms with Gasteiger partial charge >= 0.3 is 5.97 Å². The van der Waals surface area contributed by atoms with Gasteiger partial charge in [0.1, 0.15) is 0 Å². The van der Waals surface area contributed by atoms with Crippen molar-refractivity contribution >= 4 is 11.7 Å². The Morgan fingerprint density at radius 2 is 2.22 bits per heavy atom. The molecule has 0 aromatic heterocycles. The van der Waals surface area contributed by atoms with Crippen LogP contribution in [0.4, 0.5) is 5.69 Å². The zero-order chi connectivity index (χ0) is 13.7. The average Bonchev–Trinajstić information content (AvgIpc) is 2.35. The van der Waals surface area contributed by atoms with Gasteiger partial charge in [-0.3, -0.25) is 19.8 Å². The number of non-ortho nitro benzene ring substituents is 1. The second kappa shape index (κ2) is 6.11. The Bertz CT molecular complexity index is 447. The van der Waals surface area contributed by atoms with Crippen molar-refractivity contribution in [2.75, 3.05) is 13.6 Å². The summed E-state index contributed by atoms with van der Waals surface area (Å²) in [4.78, 5) is 22.6. The molecule has 0 saturated heterocycles. The van der Waals surface area contributed by atoms with Crippen molar-refractivity contribution in [1.29, 1.82) is 0 Å². The minimum Gasteiger partial charge on any atom is -0.481 e. The van der Waals surface area contributed by atoms with E-state index >= 15 is 0 Å². The van der Waals surface area contributed by atoms with E-state index in [1.165, 1.54) is 12.1 Å². The lowest BCUT2D eigenvalue weighted by Crippen LogP contribution is -2.25. The van der Waals surface area contributed by atoms with Gasteiger partial charge in [0.25, 0.3) is 5.69 Å². The molecule has 18 heavy (non-hydrogen) atoms. The highest BCUT2D eigenvalue weighted by molar-refractivity contribution is 5.66. The molecule has 1 N–H and O–H groups in total. The summed E-state index contributed by atoms with van der Waals surface area (Å²) in [7, 11) is 1.80. The number of carboxylic acid groups (broad SMARTS) is 1. The first kappa shape index (κ1) is 14.1. The smallest absolute Gasteiger partial charge is 0.304 e. The van der Waals surface area contributed by atoms with E-state index in [9.17, 15) is 14.9 Å². The van der Waals surface area contributed by atoms with Crippen LogP contribution in [0.25, 0.3) is 0 Å². The molecular weight excluding hydrogens is 236 g/mol. The highest BCUT2D eigenvalue weighted by atomic mass is 16.6. The number of carboxylic acids is 1. The second-order valence-corrected chi connectivity index (χ2v) is 4.15. The summed E-state index contributed by atoms with van der Waals surface area (Å²) in [5.41, 5.74) is 0.850. The molecule has 1 rings (SSSR count). The van der Waals surface area contributed by atoms with Gasteiger partial charge in [0.05, 0.1) is 11.3 Å². The first-order valence-corrected chi connectivity index (χ1v) is 5.58. The van der Waals surface area contributed by atoms with Gasteiger partial charge in [0.15, 0.2) is 0 Å². The molecule has 98 valence electrons. The molecule has 0 radical (unpaired) electrons. The number of carbonyl (C=O) groups is 1. The monoisotopic (exact) mass is 252 g/mol. The molecule has 0 aliphatic heterocycles. The molecule has 6 nitrogen and oxygen atoms in total. The van der Waals surface area contributed by atoms with Gasteiger partial charge in [0, 0.05) is 24.7 Å². The zero-order valence-electron chi connectivity index (χ0n) is 10.4. The molecule has 1 aromatic rings. The van der Waals surface area contributed by atoms with Crippen molar-refractivity contribution in [2.45, 2.75) is 19.4 Å². The fourth-order valence-corrected chi connectivity index (χ4v) is 1.62. The van der Waals surface area contributed by atoms with E-state index in [4.69, 9.17) is 5.11 Å². The number of hydrogen-bond donors (Lipinski definition) is 1. The summed E-state index contributed by atoms with van der Waals surface area (Å²) in [5, 5.41) is 19.3. The molecule has 0 unspecified atom stereocenters. The van der Waals surface area contributed by atoms with E-state index in [1.54, 1.807) is 19.2 Å². The van der Waals surface area contributed by atoms with Gasteiger partial charge in [-0.2, -0.15) is 0 Å². The number of nitro benzene ring substituents is 1. The van der Waals surface area contributed by atoms with Crippen LogP contribution in [0.1, 0.15) is 24.9 Å². The van der Waals surface area contributed by atoms with Crippen LogP contribution in [-0.2, 0) is 4.79 Å². The minimum absolute atomic E-state index is 0.0472. The largest absolute Gasteiger partial charge is 0.481 e. The minimum atomic E-state index is -0.854. The number of nitro groups is 1. The van der Waals surface area contributed by atoms with Crippen LogP contribution >= 0.6 is 0 Å². The summed E-state index contributed by atoms with van der Waals surface area (Å²) in [5.74, 6) is -0.854. The molecule has 0 spiro atoms. The Morgan fingerprint density at radius 3 is 2.78 bits per heavy atom. The van der Waals surface area contributed by atoms with E-state index in [2.05, 4.69) is 0 Å². The van der Waals surface area contributed by atoms with Crippen LogP contribution in [0.5, 0.6) is 0 Å². The van der Waals surface area contributed by atoms with Gasteiger partial charge in [0.2, 0.25) is 0 Å². The predicted octanol–water partition coefficient (Wildman–Crippen LogP) is 2.06. The van der Waals surface area contributed by atoms with Gasteiger partial charge < -0.3 is 5.11 Å². The maximum atomic E-state index is 10.7. The van der Waals surface area contributed by atoms with Gasteiger partial charge in [-0.05, 0) is 19.5 Å². The van der Waals surface area contributed by atoms with Crippen LogP contribution in [-0.4, -0.2) is 34.5 Å². The normalized spacial score (nSPS) is 12.4. The Labute approximate surface area is 105 Å². The first-order chi connectivity index (χ1) is 8.41. The van der Waals surface area contributed by atoms with Crippen LogP contribution in [0.3, 0.4) is 0 Å². The summed E-state index contributed by atoms with van der Waals surface area (Å²) in [6.07, 6.45) is 0.0514. The molecule has 1 aromatic carbocycles. The molecule has 0 aliphatic carbocycles. The number of aliphatic carboxylic acids is 1. The topological polar surface area (TPSA) is 83.7 Å². The Hall–Kier alpha value is -1.95. The third-order valence-electron chi connectivity index (χ3n) is 2.90. The van der Waals surface area contributed by atoms with Crippen molar-refractivity contribution in [3.05, 3.63) is 39.9 Å². The highest BCUT2D eigenvalue weighted by Gasteiger charge is 2.15. The lowest BCUT2D eigenvalue weighted by Gasteiger charge is -2.24. The molecular formula is C12H16N2O4. The Balaban J connectivity index is 2.76. The van der Waals surface area contributed by atoms with Gasteiger partial charge in [-0.15, -0.1) is 0 Å². The lowest BCUT2D eigenvalue weighted by atomic mass is 10.1. The number of nitrogens with zero attached hydrogens (tertiary/aromatic N) is 2. The van der Waals surface area contributed by atoms with E-state index in [0.29, 0.717) is 6.54 Å². The fraction of sp³-hybridized carbons (Fsp3) is 0.417. The van der Waals surface area contributed by atoms with Crippen LogP contribution in [0, 0.1) is 10.1 Å². The fourth-order valence-electron chi connectivity index (χ4n) is 1.62. The first-order valence-electron chi connectivity index (χ1n) is 5.58. The van der Waals surface area contributed by atoms with Crippen molar-refractivity contribution in [2.24, 2.45) is 0 Å². The standard InChI is InChI=1S/C12H16N2O4/c1-9(13(2)7-6-12(15)16)10-4-3-5-11(8-10)14(17)18/h3-5,8-9H,6-7H2,1-2H3,(H,15,16)/t9-/m1/s1. The molecule has 0 aliphatic rings. The van der Waals surface area contributed by atoms with Crippen molar-refractivity contribution < 1.29 is 14.8 Å². The van der Waals surface area contributed by atoms with E-state index in [1.807, 2.05) is 11.8 Å². The summed E-state index contributed by atoms with van der Waals surface area (Å²) in [6.45, 7) is 2.29. The molecule has 0 fully saturated rings. The molecule has 0 heterocycles. The molecule has 0 bridgehead atoms. The predicted molar refractivity (Wildman–Crippen MR) is 66.4 cm³/mol. The molecule has 6 heteroatoms. The summed E-state index contributed by atoms with van der Waals surface area (Å²) < 4.78 is 0. The van der Waals surface area contributed by atoms with Crippen molar-refractivity contribution in [1.82, 2.24) is 4.90 Å². The molecule has 1 atom stereocenters. The highest BCUT2D eigenvalue weighted by Crippen LogP contribution is 2.22. The second-order valence-electron chi connectivity index (χ2n) is 4.15. The number of benzene rings is 1. The van der Waals surface area contributed by atoms with E-state index < -0.39 is 10.9 Å². The van der Waals surface area contributed by atoms with E-state index in [-0.39, 0.29) is 18.2 Å². The lowest BCUT2D eigenvalue weighted by molar-refractivity contribution is -0.384. The van der Waals surface area contributed by atoms with Crippen LogP contribution in [0.15, 0.2) is 24.3 Å². The zero-order valence-corrected chi connectivity index (χ0v) is 10.4.